The number of nitriles is 1. The summed E-state index contributed by atoms with van der Waals surface area (Å²) in [6, 6.07) is 11.3. The Morgan fingerprint density at radius 3 is 2.79 bits per heavy atom. The minimum absolute atomic E-state index is 0.244. The fourth-order valence-corrected chi connectivity index (χ4v) is 4.13. The van der Waals surface area contributed by atoms with Crippen LogP contribution in [0.5, 0.6) is 0 Å². The van der Waals surface area contributed by atoms with Crippen molar-refractivity contribution in [1.29, 1.82) is 5.26 Å². The van der Waals surface area contributed by atoms with E-state index in [9.17, 15) is 9.59 Å². The van der Waals surface area contributed by atoms with Crippen LogP contribution in [-0.4, -0.2) is 50.3 Å². The Balaban J connectivity index is 1.36. The van der Waals surface area contributed by atoms with Gasteiger partial charge < -0.3 is 15.2 Å². The third-order valence-corrected chi connectivity index (χ3v) is 6.25. The zero-order valence-corrected chi connectivity index (χ0v) is 19.3. The van der Waals surface area contributed by atoms with E-state index < -0.39 is 11.4 Å². The summed E-state index contributed by atoms with van der Waals surface area (Å²) in [4.78, 5) is 39.2. The standard InChI is InChI=1S/C26H26N6O2/c1-26(2,15-27)31-24(33)21-5-3-4-20(29-21)19-12-18-13-22(30-23(18)28-14-19)16-8-10-32(11-9-16)25(34)17-6-7-17/h3-5,8,12-14,17H,6-7,9-11H2,1-2H3,(H,28,30)(H,31,33). The van der Waals surface area contributed by atoms with Gasteiger partial charge in [0.15, 0.2) is 0 Å². The maximum absolute atomic E-state index is 12.5. The number of hydrogen-bond acceptors (Lipinski definition) is 5. The zero-order valence-electron chi connectivity index (χ0n) is 19.3. The first-order valence-corrected chi connectivity index (χ1v) is 11.5. The minimum atomic E-state index is -0.979. The van der Waals surface area contributed by atoms with Gasteiger partial charge in [0.1, 0.15) is 16.9 Å². The van der Waals surface area contributed by atoms with Crippen molar-refractivity contribution in [2.45, 2.75) is 38.6 Å². The van der Waals surface area contributed by atoms with Crippen molar-refractivity contribution in [2.75, 3.05) is 13.1 Å². The number of nitrogens with one attached hydrogen (secondary N) is 2. The highest BCUT2D eigenvalue weighted by molar-refractivity contribution is 5.94. The second-order valence-corrected chi connectivity index (χ2v) is 9.48. The van der Waals surface area contributed by atoms with E-state index in [1.54, 1.807) is 32.2 Å². The molecule has 0 atom stereocenters. The third-order valence-electron chi connectivity index (χ3n) is 6.25. The summed E-state index contributed by atoms with van der Waals surface area (Å²) < 4.78 is 0. The van der Waals surface area contributed by atoms with Gasteiger partial charge in [-0.3, -0.25) is 9.59 Å². The van der Waals surface area contributed by atoms with Crippen molar-refractivity contribution in [2.24, 2.45) is 5.92 Å². The van der Waals surface area contributed by atoms with E-state index in [1.807, 2.05) is 17.0 Å². The van der Waals surface area contributed by atoms with Crippen LogP contribution >= 0.6 is 0 Å². The number of carbonyl (C=O) groups is 2. The Labute approximate surface area is 197 Å². The number of aromatic nitrogens is 3. The molecular weight excluding hydrogens is 428 g/mol. The number of pyridine rings is 2. The number of hydrogen-bond donors (Lipinski definition) is 2. The molecule has 0 aromatic carbocycles. The van der Waals surface area contributed by atoms with Crippen LogP contribution in [0.4, 0.5) is 0 Å². The molecule has 3 aromatic rings. The molecule has 0 saturated heterocycles. The molecule has 1 fully saturated rings. The molecule has 0 spiro atoms. The lowest BCUT2D eigenvalue weighted by atomic mass is 10.0. The SMILES string of the molecule is CC(C)(C#N)NC(=O)c1cccc(-c2cnc3[nH]c(C4=CCN(C(=O)C5CC5)CC4)cc3c2)n1. The van der Waals surface area contributed by atoms with Crippen LogP contribution in [0, 0.1) is 17.2 Å². The molecule has 0 radical (unpaired) electrons. The van der Waals surface area contributed by atoms with Crippen LogP contribution < -0.4 is 5.32 Å². The Bertz CT molecular complexity index is 1360. The molecule has 5 rings (SSSR count). The molecule has 0 unspecified atom stereocenters. The van der Waals surface area contributed by atoms with Crippen LogP contribution in [-0.2, 0) is 4.79 Å². The van der Waals surface area contributed by atoms with Crippen molar-refractivity contribution in [3.05, 3.63) is 54.0 Å². The second-order valence-electron chi connectivity index (χ2n) is 9.48. The average molecular weight is 455 g/mol. The number of amides is 2. The largest absolute Gasteiger partial charge is 0.339 e. The lowest BCUT2D eigenvalue weighted by Crippen LogP contribution is -2.42. The predicted molar refractivity (Wildman–Crippen MR) is 128 cm³/mol. The lowest BCUT2D eigenvalue weighted by Gasteiger charge is -2.26. The van der Waals surface area contributed by atoms with Gasteiger partial charge in [-0.25, -0.2) is 9.97 Å². The van der Waals surface area contributed by atoms with Gasteiger partial charge in [0, 0.05) is 41.8 Å². The molecule has 34 heavy (non-hydrogen) atoms. The Morgan fingerprint density at radius 2 is 2.09 bits per heavy atom. The zero-order chi connectivity index (χ0) is 23.9. The molecule has 2 aliphatic rings. The highest BCUT2D eigenvalue weighted by Crippen LogP contribution is 2.33. The molecular formula is C26H26N6O2. The van der Waals surface area contributed by atoms with E-state index in [0.717, 1.165) is 48.1 Å². The van der Waals surface area contributed by atoms with E-state index >= 15 is 0 Å². The van der Waals surface area contributed by atoms with Crippen molar-refractivity contribution < 1.29 is 9.59 Å². The molecule has 2 N–H and O–H groups in total. The Morgan fingerprint density at radius 1 is 1.26 bits per heavy atom. The second kappa shape index (κ2) is 8.41. The summed E-state index contributed by atoms with van der Waals surface area (Å²) >= 11 is 0. The summed E-state index contributed by atoms with van der Waals surface area (Å²) in [6.07, 6.45) is 6.74. The molecule has 1 aliphatic carbocycles. The Kier molecular flexibility index (Phi) is 5.40. The van der Waals surface area contributed by atoms with Gasteiger partial charge in [-0.15, -0.1) is 0 Å². The van der Waals surface area contributed by atoms with Gasteiger partial charge in [-0.1, -0.05) is 12.1 Å². The average Bonchev–Trinajstić information content (AvgIpc) is 3.61. The molecule has 3 aromatic heterocycles. The van der Waals surface area contributed by atoms with Gasteiger partial charge >= 0.3 is 0 Å². The fraction of sp³-hybridized carbons (Fsp3) is 0.346. The summed E-state index contributed by atoms with van der Waals surface area (Å²) in [5, 5.41) is 12.8. The highest BCUT2D eigenvalue weighted by atomic mass is 16.2. The molecule has 2 amide bonds. The topological polar surface area (TPSA) is 115 Å². The van der Waals surface area contributed by atoms with Crippen molar-refractivity contribution >= 4 is 28.4 Å². The van der Waals surface area contributed by atoms with Crippen LogP contribution in [0.25, 0.3) is 27.9 Å². The van der Waals surface area contributed by atoms with Crippen molar-refractivity contribution in [1.82, 2.24) is 25.2 Å². The van der Waals surface area contributed by atoms with Crippen molar-refractivity contribution in [3.8, 4) is 17.3 Å². The predicted octanol–water partition coefficient (Wildman–Crippen LogP) is 3.68. The summed E-state index contributed by atoms with van der Waals surface area (Å²) in [7, 11) is 0. The Hall–Kier alpha value is -3.99. The van der Waals surface area contributed by atoms with Gasteiger partial charge in [-0.05, 0) is 62.9 Å². The number of carbonyl (C=O) groups excluding carboxylic acids is 2. The molecule has 172 valence electrons. The number of nitrogens with zero attached hydrogens (tertiary/aromatic N) is 4. The first-order valence-electron chi connectivity index (χ1n) is 11.5. The van der Waals surface area contributed by atoms with E-state index in [2.05, 4.69) is 38.5 Å². The first-order chi connectivity index (χ1) is 16.3. The normalized spacial score (nSPS) is 16.1. The van der Waals surface area contributed by atoms with Gasteiger partial charge in [0.2, 0.25) is 5.91 Å². The van der Waals surface area contributed by atoms with Crippen molar-refractivity contribution in [3.63, 3.8) is 0 Å². The van der Waals surface area contributed by atoms with E-state index in [0.29, 0.717) is 12.2 Å². The van der Waals surface area contributed by atoms with Gasteiger partial charge in [0.05, 0.1) is 11.8 Å². The monoisotopic (exact) mass is 454 g/mol. The molecule has 1 saturated carbocycles. The summed E-state index contributed by atoms with van der Waals surface area (Å²) in [5.74, 6) is 0.143. The summed E-state index contributed by atoms with van der Waals surface area (Å²) in [6.45, 7) is 4.68. The summed E-state index contributed by atoms with van der Waals surface area (Å²) in [5.41, 5.74) is 3.67. The highest BCUT2D eigenvalue weighted by Gasteiger charge is 2.33. The van der Waals surface area contributed by atoms with Crippen LogP contribution in [0.15, 0.2) is 42.6 Å². The number of H-pyrrole nitrogens is 1. The molecule has 1 aliphatic heterocycles. The first kappa shape index (κ1) is 21.8. The maximum Gasteiger partial charge on any atom is 0.271 e. The smallest absolute Gasteiger partial charge is 0.271 e. The van der Waals surface area contributed by atoms with E-state index in [-0.39, 0.29) is 17.5 Å². The fourth-order valence-electron chi connectivity index (χ4n) is 4.13. The lowest BCUT2D eigenvalue weighted by molar-refractivity contribution is -0.132. The molecule has 8 heteroatoms. The molecule has 4 heterocycles. The van der Waals surface area contributed by atoms with Crippen LogP contribution in [0.3, 0.4) is 0 Å². The van der Waals surface area contributed by atoms with Gasteiger partial charge in [0.25, 0.3) is 5.91 Å². The quantitative estimate of drug-likeness (QED) is 0.610. The number of fused-ring (bicyclic) bond motifs is 1. The third kappa shape index (κ3) is 4.42. The molecule has 8 nitrogen and oxygen atoms in total. The minimum Gasteiger partial charge on any atom is -0.339 e. The van der Waals surface area contributed by atoms with E-state index in [1.165, 1.54) is 5.57 Å². The maximum atomic E-state index is 12.5. The van der Waals surface area contributed by atoms with E-state index in [4.69, 9.17) is 5.26 Å². The van der Waals surface area contributed by atoms with Crippen LogP contribution in [0.2, 0.25) is 0 Å². The number of aromatic amines is 1. The number of rotatable bonds is 5. The molecule has 0 bridgehead atoms. The van der Waals surface area contributed by atoms with Gasteiger partial charge in [-0.2, -0.15) is 5.26 Å². The van der Waals surface area contributed by atoms with Crippen LogP contribution in [0.1, 0.15) is 49.3 Å².